The maximum Gasteiger partial charge on any atom is 0.332 e. The van der Waals surface area contributed by atoms with Crippen LogP contribution in [0.4, 0.5) is 0 Å². The van der Waals surface area contributed by atoms with Crippen LogP contribution in [0.2, 0.25) is 0 Å². The molecule has 1 amide bonds. The summed E-state index contributed by atoms with van der Waals surface area (Å²) in [7, 11) is 0. The van der Waals surface area contributed by atoms with Gasteiger partial charge in [0.1, 0.15) is 6.54 Å². The Balaban J connectivity index is 2.11. The minimum atomic E-state index is -0.521. The maximum absolute atomic E-state index is 13.0. The summed E-state index contributed by atoms with van der Waals surface area (Å²) in [6, 6.07) is 10.9. The van der Waals surface area contributed by atoms with Gasteiger partial charge in [0.2, 0.25) is 5.91 Å². The van der Waals surface area contributed by atoms with Crippen molar-refractivity contribution in [2.75, 3.05) is 6.54 Å². The lowest BCUT2D eigenvalue weighted by atomic mass is 10.1. The lowest BCUT2D eigenvalue weighted by Crippen LogP contribution is -2.43. The van der Waals surface area contributed by atoms with Crippen LogP contribution in [0.15, 0.2) is 52.2 Å². The van der Waals surface area contributed by atoms with Crippen LogP contribution < -0.4 is 16.6 Å². The summed E-state index contributed by atoms with van der Waals surface area (Å²) in [5.74, 6) is -0.273. The number of benzene rings is 1. The number of pyridine rings is 1. The first-order chi connectivity index (χ1) is 13.0. The van der Waals surface area contributed by atoms with Gasteiger partial charge in [0.25, 0.3) is 5.56 Å². The third-order valence-electron chi connectivity index (χ3n) is 4.32. The Kier molecular flexibility index (Phi) is 5.49. The molecule has 1 aromatic carbocycles. The zero-order chi connectivity index (χ0) is 19.4. The molecule has 0 saturated heterocycles. The van der Waals surface area contributed by atoms with Crippen molar-refractivity contribution in [2.24, 2.45) is 0 Å². The maximum atomic E-state index is 13.0. The van der Waals surface area contributed by atoms with Crippen LogP contribution in [-0.4, -0.2) is 26.6 Å². The van der Waals surface area contributed by atoms with Crippen LogP contribution in [0.25, 0.3) is 11.0 Å². The molecular weight excluding hydrogens is 344 g/mol. The Morgan fingerprint density at radius 3 is 2.56 bits per heavy atom. The fraction of sp³-hybridized carbons (Fsp3) is 0.300. The average Bonchev–Trinajstić information content (AvgIpc) is 2.68. The fourth-order valence-electron chi connectivity index (χ4n) is 2.88. The minimum Gasteiger partial charge on any atom is -0.355 e. The average molecular weight is 366 g/mol. The lowest BCUT2D eigenvalue weighted by molar-refractivity contribution is -0.121. The van der Waals surface area contributed by atoms with Gasteiger partial charge >= 0.3 is 5.69 Å². The zero-order valence-corrected chi connectivity index (χ0v) is 15.4. The van der Waals surface area contributed by atoms with Crippen molar-refractivity contribution in [2.45, 2.75) is 33.4 Å². The number of carbonyl (C=O) groups excluding carboxylic acids is 1. The molecule has 0 aliphatic rings. The molecule has 0 saturated carbocycles. The van der Waals surface area contributed by atoms with Gasteiger partial charge in [-0.1, -0.05) is 36.8 Å². The molecule has 0 bridgehead atoms. The van der Waals surface area contributed by atoms with E-state index in [0.717, 1.165) is 22.1 Å². The van der Waals surface area contributed by atoms with Crippen LogP contribution in [0.1, 0.15) is 24.5 Å². The largest absolute Gasteiger partial charge is 0.355 e. The minimum absolute atomic E-state index is 0.126. The van der Waals surface area contributed by atoms with Crippen molar-refractivity contribution in [3.05, 3.63) is 74.6 Å². The fourth-order valence-corrected chi connectivity index (χ4v) is 2.88. The number of nitrogens with one attached hydrogen (secondary N) is 1. The van der Waals surface area contributed by atoms with Gasteiger partial charge in [-0.05, 0) is 31.0 Å². The molecule has 2 heterocycles. The van der Waals surface area contributed by atoms with Crippen LogP contribution in [0.3, 0.4) is 0 Å². The molecule has 0 fully saturated rings. The van der Waals surface area contributed by atoms with E-state index in [0.29, 0.717) is 12.1 Å². The Morgan fingerprint density at radius 2 is 1.85 bits per heavy atom. The summed E-state index contributed by atoms with van der Waals surface area (Å²) in [5.41, 5.74) is 1.48. The standard InChI is InChI=1S/C20H22N4O3/c1-3-10-21-17(25)13-23-16-5-4-11-22-18(16)19(26)24(20(23)27)12-15-8-6-14(2)7-9-15/h4-9,11H,3,10,12-13H2,1-2H3,(H,21,25). The van der Waals surface area contributed by atoms with E-state index < -0.39 is 11.2 Å². The molecule has 140 valence electrons. The predicted octanol–water partition coefficient (Wildman–Crippen LogP) is 1.44. The normalized spacial score (nSPS) is 10.9. The predicted molar refractivity (Wildman–Crippen MR) is 104 cm³/mol. The van der Waals surface area contributed by atoms with E-state index >= 15 is 0 Å². The van der Waals surface area contributed by atoms with Crippen LogP contribution in [0.5, 0.6) is 0 Å². The number of rotatable bonds is 6. The topological polar surface area (TPSA) is 86.0 Å². The van der Waals surface area contributed by atoms with Crippen LogP contribution >= 0.6 is 0 Å². The number of hydrogen-bond donors (Lipinski definition) is 1. The molecule has 3 aromatic rings. The van der Waals surface area contributed by atoms with Crippen molar-refractivity contribution in [3.8, 4) is 0 Å². The monoisotopic (exact) mass is 366 g/mol. The van der Waals surface area contributed by atoms with E-state index in [1.54, 1.807) is 12.1 Å². The lowest BCUT2D eigenvalue weighted by Gasteiger charge is -2.13. The molecule has 0 aliphatic carbocycles. The molecule has 0 atom stereocenters. The van der Waals surface area contributed by atoms with Gasteiger partial charge in [0.05, 0.1) is 12.1 Å². The third-order valence-corrected chi connectivity index (χ3v) is 4.32. The summed E-state index contributed by atoms with van der Waals surface area (Å²) < 4.78 is 2.44. The quantitative estimate of drug-likeness (QED) is 0.715. The van der Waals surface area contributed by atoms with E-state index in [2.05, 4.69) is 10.3 Å². The van der Waals surface area contributed by atoms with Gasteiger partial charge in [-0.3, -0.25) is 18.7 Å². The summed E-state index contributed by atoms with van der Waals surface area (Å²) in [6.45, 7) is 4.42. The highest BCUT2D eigenvalue weighted by Crippen LogP contribution is 2.07. The number of carbonyl (C=O) groups is 1. The molecule has 7 heteroatoms. The first kappa shape index (κ1) is 18.6. The van der Waals surface area contributed by atoms with E-state index in [-0.39, 0.29) is 24.5 Å². The number of nitrogens with zero attached hydrogens (tertiary/aromatic N) is 3. The molecule has 27 heavy (non-hydrogen) atoms. The second-order valence-corrected chi connectivity index (χ2v) is 6.47. The van der Waals surface area contributed by atoms with Gasteiger partial charge in [0, 0.05) is 12.7 Å². The number of hydrogen-bond acceptors (Lipinski definition) is 4. The second-order valence-electron chi connectivity index (χ2n) is 6.47. The molecule has 7 nitrogen and oxygen atoms in total. The Labute approximate surface area is 156 Å². The summed E-state index contributed by atoms with van der Waals surface area (Å²) in [4.78, 5) is 42.1. The van der Waals surface area contributed by atoms with Crippen molar-refractivity contribution in [1.82, 2.24) is 19.4 Å². The van der Waals surface area contributed by atoms with Crippen molar-refractivity contribution < 1.29 is 4.79 Å². The van der Waals surface area contributed by atoms with E-state index in [9.17, 15) is 14.4 Å². The highest BCUT2D eigenvalue weighted by molar-refractivity contribution is 5.79. The first-order valence-electron chi connectivity index (χ1n) is 8.92. The van der Waals surface area contributed by atoms with E-state index in [4.69, 9.17) is 0 Å². The Morgan fingerprint density at radius 1 is 1.11 bits per heavy atom. The van der Waals surface area contributed by atoms with Crippen molar-refractivity contribution in [1.29, 1.82) is 0 Å². The van der Waals surface area contributed by atoms with E-state index in [1.807, 2.05) is 38.1 Å². The van der Waals surface area contributed by atoms with Crippen LogP contribution in [0, 0.1) is 6.92 Å². The van der Waals surface area contributed by atoms with Gasteiger partial charge < -0.3 is 5.32 Å². The zero-order valence-electron chi connectivity index (χ0n) is 15.4. The van der Waals surface area contributed by atoms with Crippen molar-refractivity contribution in [3.63, 3.8) is 0 Å². The number of amides is 1. The molecule has 0 radical (unpaired) electrons. The SMILES string of the molecule is CCCNC(=O)Cn1c(=O)n(Cc2ccc(C)cc2)c(=O)c2ncccc21. The van der Waals surface area contributed by atoms with Gasteiger partial charge in [-0.15, -0.1) is 0 Å². The second kappa shape index (κ2) is 7.99. The smallest absolute Gasteiger partial charge is 0.332 e. The summed E-state index contributed by atoms with van der Waals surface area (Å²) in [6.07, 6.45) is 2.31. The number of aryl methyl sites for hydroxylation is 1. The first-order valence-corrected chi connectivity index (χ1v) is 8.92. The van der Waals surface area contributed by atoms with Gasteiger partial charge in [-0.25, -0.2) is 9.78 Å². The number of aromatic nitrogens is 3. The van der Waals surface area contributed by atoms with Gasteiger partial charge in [-0.2, -0.15) is 0 Å². The molecule has 1 N–H and O–H groups in total. The summed E-state index contributed by atoms with van der Waals surface area (Å²) in [5, 5.41) is 2.76. The Hall–Kier alpha value is -3.22. The van der Waals surface area contributed by atoms with Crippen LogP contribution in [-0.2, 0) is 17.9 Å². The van der Waals surface area contributed by atoms with Crippen molar-refractivity contribution >= 4 is 16.9 Å². The molecule has 0 spiro atoms. The van der Waals surface area contributed by atoms with Gasteiger partial charge in [0.15, 0.2) is 5.52 Å². The molecule has 3 rings (SSSR count). The van der Waals surface area contributed by atoms with E-state index in [1.165, 1.54) is 10.8 Å². The highest BCUT2D eigenvalue weighted by Gasteiger charge is 2.16. The molecule has 0 unspecified atom stereocenters. The molecule has 0 aliphatic heterocycles. The summed E-state index contributed by atoms with van der Waals surface area (Å²) >= 11 is 0. The molecular formula is C20H22N4O3. The Bertz CT molecular complexity index is 1080. The molecule has 2 aromatic heterocycles. The highest BCUT2D eigenvalue weighted by atomic mass is 16.2. The number of fused-ring (bicyclic) bond motifs is 1. The third kappa shape index (κ3) is 3.97.